The Kier molecular flexibility index (Phi) is 6.49. The number of aromatic nitrogens is 2. The molecule has 36 heavy (non-hydrogen) atoms. The SMILES string of the molecule is O=C(O)N1CCC(S(=O)(=O)c2nc3ccccc3n2Cc2ccc(F)cc2)CC1Cc1ccccc1. The molecule has 186 valence electrons. The maximum atomic E-state index is 14.0. The highest BCUT2D eigenvalue weighted by molar-refractivity contribution is 7.91. The molecule has 0 bridgehead atoms. The molecule has 2 unspecified atom stereocenters. The lowest BCUT2D eigenvalue weighted by Crippen LogP contribution is -2.50. The van der Waals surface area contributed by atoms with E-state index in [0.29, 0.717) is 17.5 Å². The molecule has 1 aromatic heterocycles. The number of nitrogens with zero attached hydrogens (tertiary/aromatic N) is 3. The van der Waals surface area contributed by atoms with Crippen molar-refractivity contribution in [3.8, 4) is 0 Å². The van der Waals surface area contributed by atoms with Gasteiger partial charge in [0.25, 0.3) is 0 Å². The minimum Gasteiger partial charge on any atom is -0.465 e. The summed E-state index contributed by atoms with van der Waals surface area (Å²) >= 11 is 0. The third-order valence-corrected chi connectivity index (χ3v) is 8.92. The van der Waals surface area contributed by atoms with Gasteiger partial charge in [0, 0.05) is 12.6 Å². The number of imidazole rings is 1. The van der Waals surface area contributed by atoms with Gasteiger partial charge < -0.3 is 14.6 Å². The standard InChI is InChI=1S/C27H26FN3O4S/c28-21-12-10-20(11-13-21)18-31-25-9-5-4-8-24(25)29-26(31)36(34,35)23-14-15-30(27(32)33)22(17-23)16-19-6-2-1-3-7-19/h1-13,22-23H,14-18H2,(H,32,33). The van der Waals surface area contributed by atoms with Gasteiger partial charge in [0.05, 0.1) is 22.8 Å². The van der Waals surface area contributed by atoms with Gasteiger partial charge in [-0.25, -0.2) is 22.6 Å². The minimum absolute atomic E-state index is 0.0414. The summed E-state index contributed by atoms with van der Waals surface area (Å²) in [5.74, 6) is -0.364. The number of carboxylic acid groups (broad SMARTS) is 1. The van der Waals surface area contributed by atoms with Crippen LogP contribution in [0.1, 0.15) is 24.0 Å². The molecule has 0 saturated carbocycles. The maximum absolute atomic E-state index is 14.0. The molecule has 1 N–H and O–H groups in total. The van der Waals surface area contributed by atoms with E-state index in [2.05, 4.69) is 4.98 Å². The largest absolute Gasteiger partial charge is 0.465 e. The van der Waals surface area contributed by atoms with Gasteiger partial charge >= 0.3 is 6.09 Å². The molecule has 4 aromatic rings. The Bertz CT molecular complexity index is 1490. The smallest absolute Gasteiger partial charge is 0.407 e. The van der Waals surface area contributed by atoms with Crippen molar-refractivity contribution in [3.63, 3.8) is 0 Å². The van der Waals surface area contributed by atoms with Crippen LogP contribution in [0.4, 0.5) is 9.18 Å². The van der Waals surface area contributed by atoms with Crippen molar-refractivity contribution in [3.05, 3.63) is 95.8 Å². The molecule has 9 heteroatoms. The van der Waals surface area contributed by atoms with E-state index in [-0.39, 0.29) is 36.9 Å². The van der Waals surface area contributed by atoms with Crippen LogP contribution >= 0.6 is 0 Å². The molecule has 7 nitrogen and oxygen atoms in total. The topological polar surface area (TPSA) is 92.5 Å². The summed E-state index contributed by atoms with van der Waals surface area (Å²) in [6.45, 7) is 0.353. The Morgan fingerprint density at radius 3 is 2.39 bits per heavy atom. The van der Waals surface area contributed by atoms with Gasteiger partial charge in [0.2, 0.25) is 15.0 Å². The van der Waals surface area contributed by atoms with E-state index in [9.17, 15) is 22.7 Å². The third kappa shape index (κ3) is 4.70. The molecule has 2 atom stereocenters. The normalized spacial score (nSPS) is 18.4. The summed E-state index contributed by atoms with van der Waals surface area (Å²) in [4.78, 5) is 17.8. The van der Waals surface area contributed by atoms with Crippen LogP contribution in [0.3, 0.4) is 0 Å². The second kappa shape index (κ2) is 9.73. The first kappa shape index (κ1) is 24.0. The minimum atomic E-state index is -3.90. The van der Waals surface area contributed by atoms with Gasteiger partial charge in [-0.3, -0.25) is 0 Å². The van der Waals surface area contributed by atoms with E-state index < -0.39 is 27.2 Å². The van der Waals surface area contributed by atoms with Gasteiger partial charge in [0.15, 0.2) is 0 Å². The second-order valence-corrected chi connectivity index (χ2v) is 11.2. The van der Waals surface area contributed by atoms with Gasteiger partial charge in [-0.05, 0) is 54.7 Å². The van der Waals surface area contributed by atoms with Crippen LogP contribution in [0, 0.1) is 5.82 Å². The van der Waals surface area contributed by atoms with Gasteiger partial charge in [0.1, 0.15) is 5.82 Å². The zero-order chi connectivity index (χ0) is 25.3. The number of para-hydroxylation sites is 2. The van der Waals surface area contributed by atoms with Crippen molar-refractivity contribution in [2.45, 2.75) is 42.3 Å². The molecule has 2 heterocycles. The van der Waals surface area contributed by atoms with Crippen molar-refractivity contribution >= 4 is 27.0 Å². The summed E-state index contributed by atoms with van der Waals surface area (Å²) in [7, 11) is -3.90. The zero-order valence-electron chi connectivity index (χ0n) is 19.5. The Morgan fingerprint density at radius 2 is 1.67 bits per heavy atom. The zero-order valence-corrected chi connectivity index (χ0v) is 20.3. The first-order valence-corrected chi connectivity index (χ1v) is 13.3. The number of likely N-dealkylation sites (tertiary alicyclic amines) is 1. The summed E-state index contributed by atoms with van der Waals surface area (Å²) < 4.78 is 43.1. The predicted octanol–water partition coefficient (Wildman–Crippen LogP) is 4.75. The van der Waals surface area contributed by atoms with E-state index >= 15 is 0 Å². The average molecular weight is 508 g/mol. The number of halogens is 1. The second-order valence-electron chi connectivity index (χ2n) is 9.11. The van der Waals surface area contributed by atoms with Crippen LogP contribution < -0.4 is 0 Å². The molecule has 1 aliphatic heterocycles. The Morgan fingerprint density at radius 1 is 0.972 bits per heavy atom. The van der Waals surface area contributed by atoms with Gasteiger partial charge in [-0.15, -0.1) is 0 Å². The van der Waals surface area contributed by atoms with Crippen molar-refractivity contribution in [1.29, 1.82) is 0 Å². The molecule has 1 amide bonds. The van der Waals surface area contributed by atoms with E-state index in [1.165, 1.54) is 17.0 Å². The highest BCUT2D eigenvalue weighted by Gasteiger charge is 2.40. The van der Waals surface area contributed by atoms with Crippen LogP contribution in [0.15, 0.2) is 84.0 Å². The molecule has 0 spiro atoms. The summed E-state index contributed by atoms with van der Waals surface area (Å²) in [6, 6.07) is 22.2. The van der Waals surface area contributed by atoms with Crippen LogP contribution in [0.25, 0.3) is 11.0 Å². The summed E-state index contributed by atoms with van der Waals surface area (Å²) in [5, 5.41) is 8.94. The van der Waals surface area contributed by atoms with Crippen molar-refractivity contribution < 1.29 is 22.7 Å². The first-order chi connectivity index (χ1) is 17.3. The summed E-state index contributed by atoms with van der Waals surface area (Å²) in [5.41, 5.74) is 2.93. The highest BCUT2D eigenvalue weighted by Crippen LogP contribution is 2.31. The summed E-state index contributed by atoms with van der Waals surface area (Å²) in [6.07, 6.45) is -0.232. The lowest BCUT2D eigenvalue weighted by atomic mass is 9.95. The molecule has 1 fully saturated rings. The molecule has 1 saturated heterocycles. The Labute approximate surface area is 208 Å². The molecular formula is C27H26FN3O4S. The van der Waals surface area contributed by atoms with E-state index in [4.69, 9.17) is 0 Å². The fourth-order valence-electron chi connectivity index (χ4n) is 4.97. The molecular weight excluding hydrogens is 481 g/mol. The number of carbonyl (C=O) groups is 1. The van der Waals surface area contributed by atoms with E-state index in [0.717, 1.165) is 11.1 Å². The van der Waals surface area contributed by atoms with Crippen LogP contribution in [-0.4, -0.2) is 51.9 Å². The number of sulfone groups is 1. The Hall–Kier alpha value is -3.72. The van der Waals surface area contributed by atoms with E-state index in [1.807, 2.05) is 42.5 Å². The third-order valence-electron chi connectivity index (χ3n) is 6.79. The first-order valence-electron chi connectivity index (χ1n) is 11.8. The molecule has 0 radical (unpaired) electrons. The van der Waals surface area contributed by atoms with Gasteiger partial charge in [-0.1, -0.05) is 54.6 Å². The number of benzene rings is 3. The quantitative estimate of drug-likeness (QED) is 0.407. The molecule has 0 aliphatic carbocycles. The van der Waals surface area contributed by atoms with Crippen molar-refractivity contribution in [1.82, 2.24) is 14.5 Å². The number of rotatable bonds is 6. The molecule has 5 rings (SSSR count). The van der Waals surface area contributed by atoms with E-state index in [1.54, 1.807) is 28.8 Å². The lowest BCUT2D eigenvalue weighted by molar-refractivity contribution is 0.107. The number of hydrogen-bond donors (Lipinski definition) is 1. The number of piperidine rings is 1. The fourth-order valence-corrected chi connectivity index (χ4v) is 6.86. The fraction of sp³-hybridized carbons (Fsp3) is 0.259. The van der Waals surface area contributed by atoms with Crippen LogP contribution in [-0.2, 0) is 22.8 Å². The van der Waals surface area contributed by atoms with Crippen molar-refractivity contribution in [2.75, 3.05) is 6.54 Å². The van der Waals surface area contributed by atoms with Crippen LogP contribution in [0.2, 0.25) is 0 Å². The molecule has 1 aliphatic rings. The van der Waals surface area contributed by atoms with Crippen molar-refractivity contribution in [2.24, 2.45) is 0 Å². The number of fused-ring (bicyclic) bond motifs is 1. The highest BCUT2D eigenvalue weighted by atomic mass is 32.2. The monoisotopic (exact) mass is 507 g/mol. The molecule has 3 aromatic carbocycles. The van der Waals surface area contributed by atoms with Crippen LogP contribution in [0.5, 0.6) is 0 Å². The Balaban J connectivity index is 1.50. The maximum Gasteiger partial charge on any atom is 0.407 e. The predicted molar refractivity (Wildman–Crippen MR) is 134 cm³/mol. The lowest BCUT2D eigenvalue weighted by Gasteiger charge is -2.37. The number of hydrogen-bond acceptors (Lipinski definition) is 4. The number of amides is 1. The van der Waals surface area contributed by atoms with Gasteiger partial charge in [-0.2, -0.15) is 0 Å². The average Bonchev–Trinajstić information content (AvgIpc) is 3.25.